The van der Waals surface area contributed by atoms with Gasteiger partial charge in [0.1, 0.15) is 11.6 Å². The van der Waals surface area contributed by atoms with E-state index in [2.05, 4.69) is 4.74 Å². The summed E-state index contributed by atoms with van der Waals surface area (Å²) in [6.07, 6.45) is 1.34. The van der Waals surface area contributed by atoms with E-state index in [9.17, 15) is 9.90 Å². The second-order valence-corrected chi connectivity index (χ2v) is 4.39. The van der Waals surface area contributed by atoms with E-state index >= 15 is 0 Å². The zero-order valence-electron chi connectivity index (χ0n) is 6.74. The normalized spacial score (nSPS) is 15.5. The van der Waals surface area contributed by atoms with Gasteiger partial charge in [0.15, 0.2) is 3.77 Å². The van der Waals surface area contributed by atoms with E-state index in [1.807, 2.05) is 6.07 Å². The van der Waals surface area contributed by atoms with Crippen molar-refractivity contribution in [2.75, 3.05) is 7.11 Å². The van der Waals surface area contributed by atoms with Crippen LogP contribution in [0.5, 0.6) is 0 Å². The first-order valence-corrected chi connectivity index (χ1v) is 5.61. The summed E-state index contributed by atoms with van der Waals surface area (Å²) < 4.78 is 6.20. The molecule has 0 saturated heterocycles. The topological polar surface area (TPSA) is 70.3 Å². The molecule has 0 fully saturated rings. The summed E-state index contributed by atoms with van der Waals surface area (Å²) in [6, 6.07) is 1.82. The van der Waals surface area contributed by atoms with Crippen molar-refractivity contribution in [3.63, 3.8) is 0 Å². The molecule has 0 amide bonds. The van der Waals surface area contributed by atoms with Gasteiger partial charge in [-0.1, -0.05) is 0 Å². The number of aliphatic hydroxyl groups excluding tert-OH is 1. The molecule has 1 aliphatic rings. The zero-order chi connectivity index (χ0) is 9.84. The number of methoxy groups -OCH3 is 1. The van der Waals surface area contributed by atoms with Crippen LogP contribution in [0.4, 0.5) is 0 Å². The number of aliphatic hydroxyl groups is 1. The number of hydrogen-bond acceptors (Lipinski definition) is 4. The van der Waals surface area contributed by atoms with Crippen molar-refractivity contribution in [2.45, 2.75) is 0 Å². The molecule has 0 atom stereocenters. The standard InChI is InChI=1S/C8H6INO3/c1-13-8(12)5-2-6(4-10)7(11)9-3-5/h2-3,11H,1H3. The minimum atomic E-state index is -0.756. The number of carbonyl (C=O) groups is 1. The molecule has 1 aliphatic heterocycles. The van der Waals surface area contributed by atoms with Gasteiger partial charge < -0.3 is 9.84 Å². The Morgan fingerprint density at radius 1 is 1.77 bits per heavy atom. The summed E-state index contributed by atoms with van der Waals surface area (Å²) in [5.41, 5.74) is 0.514. The van der Waals surface area contributed by atoms with Gasteiger partial charge in [0.2, 0.25) is 0 Å². The first-order chi connectivity index (χ1) is 6.19. The number of allylic oxidation sites excluding steroid dienone is 2. The summed E-state index contributed by atoms with van der Waals surface area (Å²) in [6.45, 7) is 0. The van der Waals surface area contributed by atoms with Crippen LogP contribution in [0.3, 0.4) is 0 Å². The van der Waals surface area contributed by atoms with Crippen molar-refractivity contribution in [1.29, 1.82) is 5.26 Å². The Labute approximate surface area is 84.9 Å². The molecular weight excluding hydrogens is 285 g/mol. The number of hydrogen-bond donors (Lipinski definition) is 1. The van der Waals surface area contributed by atoms with Crippen LogP contribution in [0, 0.1) is 11.3 Å². The SMILES string of the molecule is COC(=O)C1=CC(C#N)=C(O)I=C1. The van der Waals surface area contributed by atoms with Crippen LogP contribution in [0.2, 0.25) is 0 Å². The molecule has 0 spiro atoms. The smallest absolute Gasteiger partial charge is 0.338 e. The van der Waals surface area contributed by atoms with E-state index in [1.54, 1.807) is 4.01 Å². The van der Waals surface area contributed by atoms with Crippen molar-refractivity contribution in [1.82, 2.24) is 0 Å². The maximum atomic E-state index is 11.0. The summed E-state index contributed by atoms with van der Waals surface area (Å²) >= 11 is -0.756. The molecule has 1 N–H and O–H groups in total. The van der Waals surface area contributed by atoms with Crippen LogP contribution in [0.25, 0.3) is 0 Å². The molecule has 0 bridgehead atoms. The van der Waals surface area contributed by atoms with Crippen molar-refractivity contribution >= 4 is 30.7 Å². The van der Waals surface area contributed by atoms with E-state index in [0.29, 0.717) is 5.57 Å². The van der Waals surface area contributed by atoms with Crippen molar-refractivity contribution in [3.8, 4) is 6.07 Å². The minimum Gasteiger partial charge on any atom is -0.502 e. The number of esters is 1. The number of halogens is 1. The molecule has 5 heteroatoms. The quantitative estimate of drug-likeness (QED) is 0.581. The second-order valence-electron chi connectivity index (χ2n) is 2.13. The number of carbonyl (C=O) groups excluding carboxylic acids is 1. The Bertz CT molecular complexity index is 373. The van der Waals surface area contributed by atoms with Crippen molar-refractivity contribution < 1.29 is 14.6 Å². The summed E-state index contributed by atoms with van der Waals surface area (Å²) in [7, 11) is 1.28. The molecule has 0 aromatic rings. The average Bonchev–Trinajstić information content (AvgIpc) is 2.17. The molecule has 1 heterocycles. The van der Waals surface area contributed by atoms with Crippen LogP contribution in [-0.4, -0.2) is 22.2 Å². The Morgan fingerprint density at radius 3 is 3.00 bits per heavy atom. The predicted molar refractivity (Wildman–Crippen MR) is 55.5 cm³/mol. The maximum absolute atomic E-state index is 11.0. The predicted octanol–water partition coefficient (Wildman–Crippen LogP) is 1.17. The van der Waals surface area contributed by atoms with E-state index in [4.69, 9.17) is 5.26 Å². The molecule has 13 heavy (non-hydrogen) atoms. The lowest BCUT2D eigenvalue weighted by Crippen LogP contribution is -2.07. The molecule has 0 radical (unpaired) electrons. The molecule has 1 rings (SSSR count). The molecule has 0 aliphatic carbocycles. The monoisotopic (exact) mass is 291 g/mol. The Kier molecular flexibility index (Phi) is 3.19. The zero-order valence-corrected chi connectivity index (χ0v) is 8.90. The number of rotatable bonds is 1. The van der Waals surface area contributed by atoms with Crippen LogP contribution < -0.4 is 0 Å². The Morgan fingerprint density at radius 2 is 2.46 bits per heavy atom. The number of ether oxygens (including phenoxy) is 1. The molecule has 0 aromatic heterocycles. The van der Waals surface area contributed by atoms with Crippen LogP contribution >= 0.6 is 20.7 Å². The maximum Gasteiger partial charge on any atom is 0.338 e. The fourth-order valence-electron chi connectivity index (χ4n) is 0.715. The molecule has 0 saturated carbocycles. The van der Waals surface area contributed by atoms with Gasteiger partial charge in [-0.3, -0.25) is 0 Å². The van der Waals surface area contributed by atoms with Gasteiger partial charge in [-0.15, -0.1) is 0 Å². The Balaban J connectivity index is 3.04. The average molecular weight is 291 g/mol. The third-order valence-electron chi connectivity index (χ3n) is 1.34. The lowest BCUT2D eigenvalue weighted by molar-refractivity contribution is -0.135. The summed E-state index contributed by atoms with van der Waals surface area (Å²) in [5.74, 6) is -0.472. The van der Waals surface area contributed by atoms with Crippen molar-refractivity contribution in [2.24, 2.45) is 0 Å². The highest BCUT2D eigenvalue weighted by molar-refractivity contribution is 14.2. The molecule has 4 nitrogen and oxygen atoms in total. The molecule has 0 unspecified atom stereocenters. The second kappa shape index (κ2) is 4.18. The third kappa shape index (κ3) is 2.15. The summed E-state index contributed by atoms with van der Waals surface area (Å²) in [5, 5.41) is 17.8. The number of nitrogens with zero attached hydrogens (tertiary/aromatic N) is 1. The van der Waals surface area contributed by atoms with Gasteiger partial charge in [-0.25, -0.2) is 4.79 Å². The molecule has 68 valence electrons. The van der Waals surface area contributed by atoms with Gasteiger partial charge >= 0.3 is 5.97 Å². The van der Waals surface area contributed by atoms with Gasteiger partial charge in [-0.2, -0.15) is 5.26 Å². The lowest BCUT2D eigenvalue weighted by Gasteiger charge is -2.03. The molecular formula is C8H6INO3. The lowest BCUT2D eigenvalue weighted by atomic mass is 10.2. The van der Waals surface area contributed by atoms with Crippen LogP contribution in [-0.2, 0) is 9.53 Å². The van der Waals surface area contributed by atoms with Gasteiger partial charge in [-0.05, 0) is 30.8 Å². The largest absolute Gasteiger partial charge is 0.502 e. The highest BCUT2D eigenvalue weighted by atomic mass is 127. The van der Waals surface area contributed by atoms with Crippen molar-refractivity contribution in [3.05, 3.63) is 21.0 Å². The van der Waals surface area contributed by atoms with Gasteiger partial charge in [0.05, 0.1) is 12.7 Å². The van der Waals surface area contributed by atoms with E-state index in [0.717, 1.165) is 0 Å². The Hall–Kier alpha value is -1.16. The molecule has 0 aromatic carbocycles. The van der Waals surface area contributed by atoms with E-state index in [-0.39, 0.29) is 9.34 Å². The van der Waals surface area contributed by atoms with Gasteiger partial charge in [0, 0.05) is 0 Å². The fraction of sp³-hybridized carbons (Fsp3) is 0.125. The van der Waals surface area contributed by atoms with Crippen LogP contribution in [0.15, 0.2) is 21.0 Å². The number of nitriles is 1. The third-order valence-corrected chi connectivity index (χ3v) is 3.49. The van der Waals surface area contributed by atoms with Gasteiger partial charge in [0.25, 0.3) is 0 Å². The first kappa shape index (κ1) is 9.92. The van der Waals surface area contributed by atoms with Crippen LogP contribution in [0.1, 0.15) is 0 Å². The highest BCUT2D eigenvalue weighted by Crippen LogP contribution is 2.23. The fourth-order valence-corrected chi connectivity index (χ4v) is 2.39. The van der Waals surface area contributed by atoms with E-state index in [1.165, 1.54) is 13.2 Å². The highest BCUT2D eigenvalue weighted by Gasteiger charge is 2.13. The first-order valence-electron chi connectivity index (χ1n) is 3.29. The minimum absolute atomic E-state index is 0.0916. The summed E-state index contributed by atoms with van der Waals surface area (Å²) in [4.78, 5) is 11.0. The van der Waals surface area contributed by atoms with E-state index < -0.39 is 26.7 Å².